The number of β-amino-alcohol motifs (C(OH)–C–C–N with tert-alkyl or cyclic N) is 1. The van der Waals surface area contributed by atoms with E-state index in [9.17, 15) is 0 Å². The van der Waals surface area contributed by atoms with E-state index in [2.05, 4.69) is 12.2 Å². The van der Waals surface area contributed by atoms with Gasteiger partial charge in [-0.25, -0.2) is 0 Å². The summed E-state index contributed by atoms with van der Waals surface area (Å²) in [5.41, 5.74) is 0. The van der Waals surface area contributed by atoms with Crippen LogP contribution in [0.1, 0.15) is 19.8 Å². The first-order chi connectivity index (χ1) is 3.79. The largest absolute Gasteiger partial charge is 0.392 e. The minimum Gasteiger partial charge on any atom is -0.392 e. The van der Waals surface area contributed by atoms with Crippen LogP contribution in [-0.4, -0.2) is 23.8 Å². The molecular formula is C6H14ClNO. The van der Waals surface area contributed by atoms with Crippen LogP contribution >= 0.6 is 12.4 Å². The lowest BCUT2D eigenvalue weighted by atomic mass is 10.0. The Hall–Kier alpha value is 0.210. The average Bonchev–Trinajstić information content (AvgIpc) is 1.77. The Bertz CT molecular complexity index is 61.5. The fourth-order valence-corrected chi connectivity index (χ4v) is 0.984. The van der Waals surface area contributed by atoms with Crippen molar-refractivity contribution in [3.8, 4) is 0 Å². The van der Waals surface area contributed by atoms with Crippen LogP contribution in [0.4, 0.5) is 0 Å². The SMILES string of the molecule is C[C@@H]1CC[C@H](O)CN1.Cl. The maximum atomic E-state index is 8.96. The molecule has 0 bridgehead atoms. The third kappa shape index (κ3) is 3.04. The predicted octanol–water partition coefficient (Wildman–Crippen LogP) is 0.541. The second-order valence-corrected chi connectivity index (χ2v) is 2.54. The van der Waals surface area contributed by atoms with E-state index in [1.165, 1.54) is 0 Å². The van der Waals surface area contributed by atoms with Crippen LogP contribution < -0.4 is 5.32 Å². The number of aliphatic hydroxyl groups is 1. The molecule has 0 radical (unpaired) electrons. The second-order valence-electron chi connectivity index (χ2n) is 2.54. The lowest BCUT2D eigenvalue weighted by Crippen LogP contribution is -2.39. The zero-order valence-corrected chi connectivity index (χ0v) is 6.45. The number of hydrogen-bond donors (Lipinski definition) is 2. The first-order valence-corrected chi connectivity index (χ1v) is 3.20. The highest BCUT2D eigenvalue weighted by atomic mass is 35.5. The molecule has 1 aliphatic rings. The maximum Gasteiger partial charge on any atom is 0.0665 e. The molecule has 0 amide bonds. The van der Waals surface area contributed by atoms with E-state index >= 15 is 0 Å². The monoisotopic (exact) mass is 151 g/mol. The van der Waals surface area contributed by atoms with Crippen LogP contribution in [0.25, 0.3) is 0 Å². The summed E-state index contributed by atoms with van der Waals surface area (Å²) in [6.07, 6.45) is 1.99. The molecule has 3 heteroatoms. The Labute approximate surface area is 62.1 Å². The normalized spacial score (nSPS) is 35.3. The third-order valence-corrected chi connectivity index (χ3v) is 1.63. The van der Waals surface area contributed by atoms with Gasteiger partial charge in [-0.1, -0.05) is 0 Å². The van der Waals surface area contributed by atoms with Crippen molar-refractivity contribution >= 4 is 12.4 Å². The van der Waals surface area contributed by atoms with E-state index < -0.39 is 0 Å². The van der Waals surface area contributed by atoms with Gasteiger partial charge in [-0.15, -0.1) is 12.4 Å². The van der Waals surface area contributed by atoms with Crippen molar-refractivity contribution in [1.82, 2.24) is 5.32 Å². The van der Waals surface area contributed by atoms with Gasteiger partial charge >= 0.3 is 0 Å². The van der Waals surface area contributed by atoms with Crippen LogP contribution in [0.3, 0.4) is 0 Å². The molecule has 0 spiro atoms. The topological polar surface area (TPSA) is 32.3 Å². The number of hydrogen-bond acceptors (Lipinski definition) is 2. The highest BCUT2D eigenvalue weighted by Gasteiger charge is 2.13. The summed E-state index contributed by atoms with van der Waals surface area (Å²) >= 11 is 0. The highest BCUT2D eigenvalue weighted by molar-refractivity contribution is 5.85. The molecule has 0 saturated carbocycles. The number of piperidine rings is 1. The summed E-state index contributed by atoms with van der Waals surface area (Å²) in [6, 6.07) is 0.610. The lowest BCUT2D eigenvalue weighted by Gasteiger charge is -2.23. The van der Waals surface area contributed by atoms with Crippen LogP contribution in [0, 0.1) is 0 Å². The van der Waals surface area contributed by atoms with Gasteiger partial charge in [-0.3, -0.25) is 0 Å². The van der Waals surface area contributed by atoms with Crippen molar-refractivity contribution in [2.45, 2.75) is 31.9 Å². The van der Waals surface area contributed by atoms with E-state index in [4.69, 9.17) is 5.11 Å². The minimum atomic E-state index is -0.0915. The van der Waals surface area contributed by atoms with Gasteiger partial charge in [0.05, 0.1) is 6.10 Å². The molecule has 56 valence electrons. The molecule has 1 heterocycles. The van der Waals surface area contributed by atoms with Crippen molar-refractivity contribution in [2.24, 2.45) is 0 Å². The van der Waals surface area contributed by atoms with E-state index in [0.29, 0.717) is 6.04 Å². The van der Waals surface area contributed by atoms with Crippen molar-refractivity contribution in [3.63, 3.8) is 0 Å². The molecule has 1 aliphatic heterocycles. The summed E-state index contributed by atoms with van der Waals surface area (Å²) in [4.78, 5) is 0. The number of aliphatic hydroxyl groups excluding tert-OH is 1. The Balaban J connectivity index is 0.000000640. The molecule has 2 atom stereocenters. The van der Waals surface area contributed by atoms with Crippen LogP contribution in [0.15, 0.2) is 0 Å². The van der Waals surface area contributed by atoms with Gasteiger partial charge in [-0.2, -0.15) is 0 Å². The molecule has 0 aliphatic carbocycles. The fourth-order valence-electron chi connectivity index (χ4n) is 0.984. The molecule has 0 unspecified atom stereocenters. The number of rotatable bonds is 0. The summed E-state index contributed by atoms with van der Waals surface area (Å²) in [5.74, 6) is 0. The number of halogens is 1. The minimum absolute atomic E-state index is 0. The average molecular weight is 152 g/mol. The number of nitrogens with one attached hydrogen (secondary N) is 1. The molecule has 1 rings (SSSR count). The third-order valence-electron chi connectivity index (χ3n) is 1.63. The van der Waals surface area contributed by atoms with Gasteiger partial charge in [-0.05, 0) is 19.8 Å². The van der Waals surface area contributed by atoms with Crippen molar-refractivity contribution in [2.75, 3.05) is 6.54 Å². The van der Waals surface area contributed by atoms with E-state index in [-0.39, 0.29) is 18.5 Å². The van der Waals surface area contributed by atoms with Gasteiger partial charge in [0.25, 0.3) is 0 Å². The van der Waals surface area contributed by atoms with E-state index in [1.807, 2.05) is 0 Å². The maximum absolute atomic E-state index is 8.96. The summed E-state index contributed by atoms with van der Waals surface area (Å²) in [6.45, 7) is 2.92. The van der Waals surface area contributed by atoms with Crippen molar-refractivity contribution < 1.29 is 5.11 Å². The van der Waals surface area contributed by atoms with Gasteiger partial charge in [0.2, 0.25) is 0 Å². The molecule has 0 aromatic carbocycles. The molecule has 2 N–H and O–H groups in total. The molecule has 0 aromatic heterocycles. The van der Waals surface area contributed by atoms with Crippen LogP contribution in [0.2, 0.25) is 0 Å². The molecule has 9 heavy (non-hydrogen) atoms. The molecule has 1 fully saturated rings. The first-order valence-electron chi connectivity index (χ1n) is 3.20. The van der Waals surface area contributed by atoms with Gasteiger partial charge < -0.3 is 10.4 Å². The molecule has 0 aromatic rings. The second kappa shape index (κ2) is 4.09. The lowest BCUT2D eigenvalue weighted by molar-refractivity contribution is 0.129. The predicted molar refractivity (Wildman–Crippen MR) is 40.0 cm³/mol. The molecule has 2 nitrogen and oxygen atoms in total. The Morgan fingerprint density at radius 3 is 2.44 bits per heavy atom. The molecular weight excluding hydrogens is 138 g/mol. The van der Waals surface area contributed by atoms with Crippen LogP contribution in [0.5, 0.6) is 0 Å². The summed E-state index contributed by atoms with van der Waals surface area (Å²) in [7, 11) is 0. The summed E-state index contributed by atoms with van der Waals surface area (Å²) in [5, 5.41) is 12.1. The van der Waals surface area contributed by atoms with Crippen LogP contribution in [-0.2, 0) is 0 Å². The van der Waals surface area contributed by atoms with Gasteiger partial charge in [0.15, 0.2) is 0 Å². The smallest absolute Gasteiger partial charge is 0.0665 e. The van der Waals surface area contributed by atoms with Gasteiger partial charge in [0.1, 0.15) is 0 Å². The van der Waals surface area contributed by atoms with E-state index in [0.717, 1.165) is 19.4 Å². The Morgan fingerprint density at radius 1 is 1.44 bits per heavy atom. The van der Waals surface area contributed by atoms with E-state index in [1.54, 1.807) is 0 Å². The van der Waals surface area contributed by atoms with Crippen molar-refractivity contribution in [1.29, 1.82) is 0 Å². The van der Waals surface area contributed by atoms with Crippen molar-refractivity contribution in [3.05, 3.63) is 0 Å². The Morgan fingerprint density at radius 2 is 2.11 bits per heavy atom. The molecule has 1 saturated heterocycles. The van der Waals surface area contributed by atoms with Gasteiger partial charge in [0, 0.05) is 12.6 Å². The quantitative estimate of drug-likeness (QED) is 0.530. The summed E-state index contributed by atoms with van der Waals surface area (Å²) < 4.78 is 0. The Kier molecular flexibility index (Phi) is 4.19. The fraction of sp³-hybridized carbons (Fsp3) is 1.00. The zero-order valence-electron chi connectivity index (χ0n) is 5.63. The standard InChI is InChI=1S/C6H13NO.ClH/c1-5-2-3-6(8)4-7-5;/h5-8H,2-4H2,1H3;1H/t5-,6+;/m1./s1. The first kappa shape index (κ1) is 9.21. The zero-order chi connectivity index (χ0) is 5.98. The highest BCUT2D eigenvalue weighted by Crippen LogP contribution is 2.05.